The van der Waals surface area contributed by atoms with Crippen molar-refractivity contribution in [3.05, 3.63) is 59.7 Å². The predicted octanol–water partition coefficient (Wildman–Crippen LogP) is 3.44. The molecule has 2 aromatic carbocycles. The van der Waals surface area contributed by atoms with Crippen molar-refractivity contribution < 1.29 is 19.1 Å². The van der Waals surface area contributed by atoms with Gasteiger partial charge in [-0.3, -0.25) is 4.79 Å². The highest BCUT2D eigenvalue weighted by molar-refractivity contribution is 5.94. The third-order valence-corrected chi connectivity index (χ3v) is 3.46. The number of carbonyl (C=O) groups excluding carboxylic acids is 2. The van der Waals surface area contributed by atoms with E-state index in [9.17, 15) is 9.59 Å². The minimum atomic E-state index is -0.396. The van der Waals surface area contributed by atoms with Gasteiger partial charge in [0.1, 0.15) is 5.75 Å². The minimum Gasteiger partial charge on any atom is -0.497 e. The van der Waals surface area contributed by atoms with Crippen LogP contribution >= 0.6 is 0 Å². The summed E-state index contributed by atoms with van der Waals surface area (Å²) in [5.74, 6) is 0.289. The zero-order chi connectivity index (χ0) is 17.4. The van der Waals surface area contributed by atoms with Crippen LogP contribution in [0.15, 0.2) is 48.5 Å². The molecule has 5 heteroatoms. The number of hydrogen-bond acceptors (Lipinski definition) is 4. The quantitative estimate of drug-likeness (QED) is 0.791. The van der Waals surface area contributed by atoms with Gasteiger partial charge in [0.2, 0.25) is 5.91 Å². The van der Waals surface area contributed by atoms with Gasteiger partial charge in [-0.25, -0.2) is 4.79 Å². The van der Waals surface area contributed by atoms with Crippen LogP contribution in [0.4, 0.5) is 5.69 Å². The first-order valence-electron chi connectivity index (χ1n) is 7.82. The lowest BCUT2D eigenvalue weighted by molar-refractivity contribution is -0.116. The number of rotatable bonds is 7. The lowest BCUT2D eigenvalue weighted by Gasteiger charge is -2.08. The Morgan fingerprint density at radius 2 is 1.83 bits per heavy atom. The van der Waals surface area contributed by atoms with E-state index in [1.807, 2.05) is 24.3 Å². The van der Waals surface area contributed by atoms with Crippen LogP contribution in [0.25, 0.3) is 0 Å². The fraction of sp³-hybridized carbons (Fsp3) is 0.263. The van der Waals surface area contributed by atoms with Crippen LogP contribution in [-0.2, 0) is 16.0 Å². The molecule has 2 rings (SSSR count). The van der Waals surface area contributed by atoms with Crippen LogP contribution in [0.5, 0.6) is 5.75 Å². The Bertz CT molecular complexity index is 695. The van der Waals surface area contributed by atoms with Crippen molar-refractivity contribution >= 4 is 17.6 Å². The first kappa shape index (κ1) is 17.5. The van der Waals surface area contributed by atoms with Crippen molar-refractivity contribution in [2.45, 2.75) is 19.8 Å². The van der Waals surface area contributed by atoms with Gasteiger partial charge in [0.05, 0.1) is 19.3 Å². The third kappa shape index (κ3) is 5.12. The molecule has 1 amide bonds. The van der Waals surface area contributed by atoms with Gasteiger partial charge in [0.25, 0.3) is 0 Å². The van der Waals surface area contributed by atoms with Crippen molar-refractivity contribution in [3.8, 4) is 5.75 Å². The summed E-state index contributed by atoms with van der Waals surface area (Å²) < 4.78 is 10.1. The second-order valence-electron chi connectivity index (χ2n) is 5.20. The number of benzene rings is 2. The Labute approximate surface area is 141 Å². The van der Waals surface area contributed by atoms with Gasteiger partial charge in [-0.1, -0.05) is 18.2 Å². The van der Waals surface area contributed by atoms with Crippen LogP contribution in [0.3, 0.4) is 0 Å². The Balaban J connectivity index is 1.89. The Morgan fingerprint density at radius 1 is 1.08 bits per heavy atom. The van der Waals surface area contributed by atoms with Crippen molar-refractivity contribution in [1.29, 1.82) is 0 Å². The molecular formula is C19H21NO4. The molecule has 0 heterocycles. The lowest BCUT2D eigenvalue weighted by Crippen LogP contribution is -2.13. The fourth-order valence-electron chi connectivity index (χ4n) is 2.21. The van der Waals surface area contributed by atoms with Gasteiger partial charge in [0, 0.05) is 12.1 Å². The van der Waals surface area contributed by atoms with E-state index in [0.717, 1.165) is 11.3 Å². The highest BCUT2D eigenvalue weighted by atomic mass is 16.5. The Morgan fingerprint density at radius 3 is 2.50 bits per heavy atom. The maximum Gasteiger partial charge on any atom is 0.338 e. The van der Waals surface area contributed by atoms with E-state index in [-0.39, 0.29) is 5.91 Å². The molecule has 24 heavy (non-hydrogen) atoms. The maximum atomic E-state index is 12.1. The molecule has 0 aliphatic rings. The molecule has 0 fully saturated rings. The largest absolute Gasteiger partial charge is 0.497 e. The van der Waals surface area contributed by atoms with Gasteiger partial charge < -0.3 is 14.8 Å². The lowest BCUT2D eigenvalue weighted by atomic mass is 10.1. The van der Waals surface area contributed by atoms with E-state index in [4.69, 9.17) is 9.47 Å². The van der Waals surface area contributed by atoms with Crippen LogP contribution in [-0.4, -0.2) is 25.6 Å². The van der Waals surface area contributed by atoms with Crippen LogP contribution in [0.1, 0.15) is 29.3 Å². The molecule has 5 nitrogen and oxygen atoms in total. The van der Waals surface area contributed by atoms with Gasteiger partial charge in [-0.05, 0) is 49.2 Å². The minimum absolute atomic E-state index is 0.105. The van der Waals surface area contributed by atoms with Crippen LogP contribution < -0.4 is 10.1 Å². The summed E-state index contributed by atoms with van der Waals surface area (Å²) in [4.78, 5) is 23.8. The number of amides is 1. The monoisotopic (exact) mass is 327 g/mol. The number of nitrogens with one attached hydrogen (secondary N) is 1. The Kier molecular flexibility index (Phi) is 6.37. The average molecular weight is 327 g/mol. The molecule has 0 spiro atoms. The summed E-state index contributed by atoms with van der Waals surface area (Å²) in [5.41, 5.74) is 2.07. The maximum absolute atomic E-state index is 12.1. The summed E-state index contributed by atoms with van der Waals surface area (Å²) in [6.45, 7) is 2.07. The fourth-order valence-corrected chi connectivity index (χ4v) is 2.21. The highest BCUT2D eigenvalue weighted by Crippen LogP contribution is 2.14. The topological polar surface area (TPSA) is 64.6 Å². The summed E-state index contributed by atoms with van der Waals surface area (Å²) in [7, 11) is 1.62. The molecule has 0 saturated heterocycles. The summed E-state index contributed by atoms with van der Waals surface area (Å²) >= 11 is 0. The number of methoxy groups -OCH3 is 1. The van der Waals surface area contributed by atoms with E-state index >= 15 is 0 Å². The number of anilines is 1. The van der Waals surface area contributed by atoms with Gasteiger partial charge in [-0.15, -0.1) is 0 Å². The molecule has 0 unspecified atom stereocenters. The molecule has 0 saturated carbocycles. The number of hydrogen-bond donors (Lipinski definition) is 1. The average Bonchev–Trinajstić information content (AvgIpc) is 2.61. The molecular weight excluding hydrogens is 306 g/mol. The third-order valence-electron chi connectivity index (χ3n) is 3.46. The van der Waals surface area contributed by atoms with E-state index in [0.29, 0.717) is 30.7 Å². The second-order valence-corrected chi connectivity index (χ2v) is 5.20. The smallest absolute Gasteiger partial charge is 0.338 e. The van der Waals surface area contributed by atoms with Crippen molar-refractivity contribution in [2.75, 3.05) is 19.0 Å². The number of ether oxygens (including phenoxy) is 2. The van der Waals surface area contributed by atoms with Crippen LogP contribution in [0.2, 0.25) is 0 Å². The molecule has 0 aromatic heterocycles. The number of carbonyl (C=O) groups is 2. The van der Waals surface area contributed by atoms with E-state index in [2.05, 4.69) is 5.32 Å². The SMILES string of the molecule is CCOC(=O)c1cccc(NC(=O)CCc2ccc(OC)cc2)c1. The van der Waals surface area contributed by atoms with Crippen molar-refractivity contribution in [2.24, 2.45) is 0 Å². The predicted molar refractivity (Wildman–Crippen MR) is 92.3 cm³/mol. The Hall–Kier alpha value is -2.82. The zero-order valence-electron chi connectivity index (χ0n) is 13.9. The van der Waals surface area contributed by atoms with Gasteiger partial charge in [-0.2, -0.15) is 0 Å². The zero-order valence-corrected chi connectivity index (χ0v) is 13.9. The molecule has 0 bridgehead atoms. The van der Waals surface area contributed by atoms with E-state index in [1.165, 1.54) is 0 Å². The standard InChI is InChI=1S/C19H21NO4/c1-3-24-19(22)15-5-4-6-16(13-15)20-18(21)12-9-14-7-10-17(23-2)11-8-14/h4-8,10-11,13H,3,9,12H2,1-2H3,(H,20,21). The molecule has 0 aliphatic heterocycles. The summed E-state index contributed by atoms with van der Waals surface area (Å²) in [6.07, 6.45) is 0.989. The molecule has 0 aliphatic carbocycles. The van der Waals surface area contributed by atoms with Gasteiger partial charge in [0.15, 0.2) is 0 Å². The first-order chi connectivity index (χ1) is 11.6. The van der Waals surface area contributed by atoms with E-state index < -0.39 is 5.97 Å². The van der Waals surface area contributed by atoms with Gasteiger partial charge >= 0.3 is 5.97 Å². The molecule has 0 radical (unpaired) electrons. The molecule has 126 valence electrons. The normalized spacial score (nSPS) is 10.1. The molecule has 0 atom stereocenters. The van der Waals surface area contributed by atoms with Crippen LogP contribution in [0, 0.1) is 0 Å². The molecule has 1 N–H and O–H groups in total. The summed E-state index contributed by atoms with van der Waals surface area (Å²) in [6, 6.07) is 14.3. The number of aryl methyl sites for hydroxylation is 1. The van der Waals surface area contributed by atoms with E-state index in [1.54, 1.807) is 38.3 Å². The highest BCUT2D eigenvalue weighted by Gasteiger charge is 2.08. The number of esters is 1. The first-order valence-corrected chi connectivity index (χ1v) is 7.82. The molecule has 2 aromatic rings. The summed E-state index contributed by atoms with van der Waals surface area (Å²) in [5, 5.41) is 2.80. The van der Waals surface area contributed by atoms with Crippen molar-refractivity contribution in [3.63, 3.8) is 0 Å². The second kappa shape index (κ2) is 8.72. The van der Waals surface area contributed by atoms with Crippen molar-refractivity contribution in [1.82, 2.24) is 0 Å².